The van der Waals surface area contributed by atoms with Gasteiger partial charge in [-0.15, -0.1) is 0 Å². The van der Waals surface area contributed by atoms with Gasteiger partial charge < -0.3 is 0 Å². The van der Waals surface area contributed by atoms with Gasteiger partial charge in [0.1, 0.15) is 17.5 Å². The normalized spacial score (nSPS) is 10.7. The van der Waals surface area contributed by atoms with Gasteiger partial charge in [0.05, 0.1) is 11.1 Å². The molecule has 0 bridgehead atoms. The van der Waals surface area contributed by atoms with Crippen LogP contribution < -0.4 is 11.3 Å². The molecular formula is C14H9F3N6O2. The van der Waals surface area contributed by atoms with E-state index >= 15 is 0 Å². The van der Waals surface area contributed by atoms with Crippen molar-refractivity contribution in [2.45, 2.75) is 6.18 Å². The molecule has 128 valence electrons. The van der Waals surface area contributed by atoms with Crippen LogP contribution in [0, 0.1) is 11.3 Å². The molecule has 8 nitrogen and oxygen atoms in total. The van der Waals surface area contributed by atoms with Gasteiger partial charge >= 0.3 is 6.18 Å². The first kappa shape index (κ1) is 17.8. The Morgan fingerprint density at radius 2 is 1.76 bits per heavy atom. The minimum Gasteiger partial charge on any atom is -0.267 e. The van der Waals surface area contributed by atoms with Crippen molar-refractivity contribution in [2.24, 2.45) is 5.84 Å². The Morgan fingerprint density at radius 3 is 2.24 bits per heavy atom. The summed E-state index contributed by atoms with van der Waals surface area (Å²) < 4.78 is 37.3. The highest BCUT2D eigenvalue weighted by atomic mass is 19.4. The smallest absolute Gasteiger partial charge is 0.267 e. The van der Waals surface area contributed by atoms with Gasteiger partial charge in [-0.2, -0.15) is 23.6 Å². The van der Waals surface area contributed by atoms with Gasteiger partial charge in [0.15, 0.2) is 0 Å². The zero-order valence-electron chi connectivity index (χ0n) is 12.3. The second-order valence-corrected chi connectivity index (χ2v) is 4.59. The molecule has 11 heteroatoms. The summed E-state index contributed by atoms with van der Waals surface area (Å²) in [6, 6.07) is 5.85. The number of pyridine rings is 2. The molecular weight excluding hydrogens is 341 g/mol. The van der Waals surface area contributed by atoms with Crippen LogP contribution in [0.3, 0.4) is 0 Å². The van der Waals surface area contributed by atoms with Gasteiger partial charge in [-0.25, -0.2) is 16.3 Å². The molecule has 0 aliphatic heterocycles. The van der Waals surface area contributed by atoms with Gasteiger partial charge in [0, 0.05) is 12.4 Å². The van der Waals surface area contributed by atoms with E-state index in [1.165, 1.54) is 12.1 Å². The van der Waals surface area contributed by atoms with Crippen molar-refractivity contribution >= 4 is 11.8 Å². The highest BCUT2D eigenvalue weighted by Gasteiger charge is 2.32. The Labute approximate surface area is 138 Å². The predicted octanol–water partition coefficient (Wildman–Crippen LogP) is 1.03. The van der Waals surface area contributed by atoms with Crippen molar-refractivity contribution < 1.29 is 22.8 Å². The maximum absolute atomic E-state index is 12.4. The van der Waals surface area contributed by atoms with E-state index in [1.807, 2.05) is 5.43 Å². The molecule has 2 aromatic heterocycles. The molecule has 0 aliphatic rings. The van der Waals surface area contributed by atoms with Crippen LogP contribution in [0.5, 0.6) is 0 Å². The van der Waals surface area contributed by atoms with Crippen molar-refractivity contribution in [1.29, 1.82) is 5.26 Å². The summed E-state index contributed by atoms with van der Waals surface area (Å²) >= 11 is 0. The molecule has 0 fully saturated rings. The number of hydrogen-bond acceptors (Lipinski definition) is 6. The Morgan fingerprint density at radius 1 is 1.12 bits per heavy atom. The molecule has 0 saturated heterocycles. The number of rotatable bonds is 2. The number of carbonyl (C=O) groups is 2. The number of halogens is 3. The minimum absolute atomic E-state index is 0.0211. The van der Waals surface area contributed by atoms with Gasteiger partial charge in [0.25, 0.3) is 11.8 Å². The average molecular weight is 350 g/mol. The number of amides is 2. The van der Waals surface area contributed by atoms with Crippen molar-refractivity contribution in [2.75, 3.05) is 0 Å². The third-order valence-electron chi connectivity index (χ3n) is 2.88. The monoisotopic (exact) mass is 350 g/mol. The second-order valence-electron chi connectivity index (χ2n) is 4.59. The Kier molecular flexibility index (Phi) is 4.94. The Bertz CT molecular complexity index is 828. The predicted molar refractivity (Wildman–Crippen MR) is 76.0 cm³/mol. The molecule has 0 saturated carbocycles. The molecule has 0 atom stereocenters. The van der Waals surface area contributed by atoms with Crippen LogP contribution in [0.15, 0.2) is 36.7 Å². The van der Waals surface area contributed by atoms with E-state index in [0.29, 0.717) is 17.4 Å². The highest BCUT2D eigenvalue weighted by Crippen LogP contribution is 2.27. The summed E-state index contributed by atoms with van der Waals surface area (Å²) in [6.07, 6.45) is -2.84. The molecule has 0 aliphatic carbocycles. The molecule has 2 amide bonds. The van der Waals surface area contributed by atoms with Crippen molar-refractivity contribution in [3.63, 3.8) is 0 Å². The summed E-state index contributed by atoms with van der Waals surface area (Å²) in [5, 5.41) is 8.93. The number of hydrogen-bond donors (Lipinski definition) is 2. The molecule has 2 heterocycles. The number of nitrogens with two attached hydrogens (primary N) is 1. The quantitative estimate of drug-likeness (QED) is 0.473. The fraction of sp³-hybridized carbons (Fsp3) is 0.0714. The van der Waals surface area contributed by atoms with Crippen molar-refractivity contribution in [3.05, 3.63) is 59.2 Å². The summed E-state index contributed by atoms with van der Waals surface area (Å²) in [5.41, 5.74) is 0.716. The van der Waals surface area contributed by atoms with Crippen LogP contribution in [0.2, 0.25) is 0 Å². The summed E-state index contributed by atoms with van der Waals surface area (Å²) in [5.74, 6) is 3.62. The van der Waals surface area contributed by atoms with E-state index < -0.39 is 23.7 Å². The molecule has 3 N–H and O–H groups in total. The lowest BCUT2D eigenvalue weighted by atomic mass is 10.2. The fourth-order valence-corrected chi connectivity index (χ4v) is 1.65. The fourth-order valence-electron chi connectivity index (χ4n) is 1.65. The van der Waals surface area contributed by atoms with Crippen molar-refractivity contribution in [3.8, 4) is 6.07 Å². The zero-order valence-corrected chi connectivity index (χ0v) is 12.3. The van der Waals surface area contributed by atoms with Crippen molar-refractivity contribution in [1.82, 2.24) is 20.5 Å². The molecule has 0 unspecified atom stereocenters. The standard InChI is InChI=1S/C14H9F3N6O2/c15-14(16,17)11-4-2-9(7-21-11)13(25)23(19)22-12(24)8-1-3-10(5-18)20-6-8/h1-4,6-7H,19H2,(H,22,24). The zero-order chi connectivity index (χ0) is 18.6. The summed E-state index contributed by atoms with van der Waals surface area (Å²) in [7, 11) is 0. The topological polar surface area (TPSA) is 125 Å². The average Bonchev–Trinajstić information content (AvgIpc) is 2.60. The number of nitriles is 1. The molecule has 2 rings (SSSR count). The van der Waals surface area contributed by atoms with E-state index in [2.05, 4.69) is 9.97 Å². The Balaban J connectivity index is 2.06. The maximum atomic E-state index is 12.4. The molecule has 25 heavy (non-hydrogen) atoms. The lowest BCUT2D eigenvalue weighted by Crippen LogP contribution is -2.50. The first-order valence-corrected chi connectivity index (χ1v) is 6.52. The Hall–Kier alpha value is -3.52. The lowest BCUT2D eigenvalue weighted by molar-refractivity contribution is -0.141. The summed E-state index contributed by atoms with van der Waals surface area (Å²) in [4.78, 5) is 30.7. The van der Waals surface area contributed by atoms with E-state index in [9.17, 15) is 22.8 Å². The third kappa shape index (κ3) is 4.27. The van der Waals surface area contributed by atoms with E-state index in [0.717, 1.165) is 12.3 Å². The van der Waals surface area contributed by atoms with Crippen LogP contribution in [0.1, 0.15) is 32.1 Å². The van der Waals surface area contributed by atoms with E-state index in [4.69, 9.17) is 11.1 Å². The van der Waals surface area contributed by atoms with Gasteiger partial charge in [-0.1, -0.05) is 0 Å². The van der Waals surface area contributed by atoms with Crippen LogP contribution in [-0.4, -0.2) is 26.9 Å². The van der Waals surface area contributed by atoms with Gasteiger partial charge in [0.2, 0.25) is 0 Å². The second kappa shape index (κ2) is 6.93. The van der Waals surface area contributed by atoms with E-state index in [-0.39, 0.29) is 16.8 Å². The van der Waals surface area contributed by atoms with Gasteiger partial charge in [-0.05, 0) is 24.3 Å². The molecule has 0 radical (unpaired) electrons. The molecule has 2 aromatic rings. The largest absolute Gasteiger partial charge is 0.433 e. The lowest BCUT2D eigenvalue weighted by Gasteiger charge is -2.17. The number of aromatic nitrogens is 2. The molecule has 0 spiro atoms. The van der Waals surface area contributed by atoms with Gasteiger partial charge in [-0.3, -0.25) is 14.6 Å². The van der Waals surface area contributed by atoms with Crippen LogP contribution in [0.4, 0.5) is 13.2 Å². The maximum Gasteiger partial charge on any atom is 0.433 e. The van der Waals surface area contributed by atoms with Crippen LogP contribution >= 0.6 is 0 Å². The SMILES string of the molecule is N#Cc1ccc(C(=O)NN(N)C(=O)c2ccc(C(F)(F)F)nc2)cn1. The minimum atomic E-state index is -4.64. The number of hydrazine groups is 2. The van der Waals surface area contributed by atoms with Crippen LogP contribution in [-0.2, 0) is 6.18 Å². The number of nitrogens with zero attached hydrogens (tertiary/aromatic N) is 4. The first-order chi connectivity index (χ1) is 11.7. The van der Waals surface area contributed by atoms with Crippen LogP contribution in [0.25, 0.3) is 0 Å². The summed E-state index contributed by atoms with van der Waals surface area (Å²) in [6.45, 7) is 0. The third-order valence-corrected chi connectivity index (χ3v) is 2.88. The first-order valence-electron chi connectivity index (χ1n) is 6.52. The highest BCUT2D eigenvalue weighted by molar-refractivity contribution is 5.98. The number of carbonyl (C=O) groups excluding carboxylic acids is 2. The molecule has 0 aromatic carbocycles. The number of alkyl halides is 3. The number of nitrogens with one attached hydrogen (secondary N) is 1. The van der Waals surface area contributed by atoms with E-state index in [1.54, 1.807) is 6.07 Å².